The van der Waals surface area contributed by atoms with Crippen LogP contribution in [0.1, 0.15) is 39.4 Å². The Morgan fingerprint density at radius 3 is 2.90 bits per heavy atom. The first-order valence-corrected chi connectivity index (χ1v) is 7.35. The van der Waals surface area contributed by atoms with Crippen molar-refractivity contribution in [2.24, 2.45) is 0 Å². The number of nitrogens with one attached hydrogen (secondary N) is 1. The Kier molecular flexibility index (Phi) is 4.02. The highest BCUT2D eigenvalue weighted by molar-refractivity contribution is 5.87. The van der Waals surface area contributed by atoms with Crippen LogP contribution in [-0.4, -0.2) is 17.6 Å². The van der Waals surface area contributed by atoms with Gasteiger partial charge in [0.25, 0.3) is 0 Å². The van der Waals surface area contributed by atoms with Gasteiger partial charge >= 0.3 is 5.97 Å². The van der Waals surface area contributed by atoms with Crippen molar-refractivity contribution in [1.29, 1.82) is 0 Å². The summed E-state index contributed by atoms with van der Waals surface area (Å²) < 4.78 is 0. The molecule has 0 amide bonds. The van der Waals surface area contributed by atoms with Crippen LogP contribution < -0.4 is 5.32 Å². The van der Waals surface area contributed by atoms with Crippen LogP contribution in [0.15, 0.2) is 48.5 Å². The molecule has 3 rings (SSSR count). The topological polar surface area (TPSA) is 49.3 Å². The first-order valence-electron chi connectivity index (χ1n) is 7.35. The first kappa shape index (κ1) is 13.8. The minimum absolute atomic E-state index is 0.348. The van der Waals surface area contributed by atoms with E-state index < -0.39 is 5.97 Å². The molecule has 1 atom stereocenters. The summed E-state index contributed by atoms with van der Waals surface area (Å²) in [5.74, 6) is -0.301. The molecule has 0 radical (unpaired) electrons. The fourth-order valence-corrected chi connectivity index (χ4v) is 3.06. The van der Waals surface area contributed by atoms with Gasteiger partial charge in [-0.15, -0.1) is 0 Å². The largest absolute Gasteiger partial charge is 0.478 e. The lowest BCUT2D eigenvalue weighted by Gasteiger charge is -2.13. The molecule has 1 aliphatic carbocycles. The van der Waals surface area contributed by atoms with E-state index in [4.69, 9.17) is 5.11 Å². The average Bonchev–Trinajstić information content (AvgIpc) is 2.91. The van der Waals surface area contributed by atoms with E-state index in [1.807, 2.05) is 6.07 Å². The van der Waals surface area contributed by atoms with Crippen molar-refractivity contribution in [2.45, 2.75) is 25.3 Å². The molecule has 0 bridgehead atoms. The minimum Gasteiger partial charge on any atom is -0.478 e. The van der Waals surface area contributed by atoms with Gasteiger partial charge in [-0.3, -0.25) is 0 Å². The molecule has 3 heteroatoms. The van der Waals surface area contributed by atoms with Crippen molar-refractivity contribution >= 4 is 5.97 Å². The van der Waals surface area contributed by atoms with Crippen LogP contribution in [0.4, 0.5) is 0 Å². The Morgan fingerprint density at radius 2 is 2.05 bits per heavy atom. The number of aryl methyl sites for hydroxylation is 1. The molecule has 0 spiro atoms. The van der Waals surface area contributed by atoms with Crippen molar-refractivity contribution in [1.82, 2.24) is 5.32 Å². The highest BCUT2D eigenvalue weighted by atomic mass is 16.4. The smallest absolute Gasteiger partial charge is 0.335 e. The molecule has 0 saturated heterocycles. The molecule has 108 valence electrons. The van der Waals surface area contributed by atoms with Crippen LogP contribution in [-0.2, 0) is 13.0 Å². The molecule has 1 unspecified atom stereocenters. The summed E-state index contributed by atoms with van der Waals surface area (Å²) in [4.78, 5) is 11.0. The van der Waals surface area contributed by atoms with E-state index in [-0.39, 0.29) is 0 Å². The maximum Gasteiger partial charge on any atom is 0.335 e. The zero-order valence-electron chi connectivity index (χ0n) is 11.9. The lowest BCUT2D eigenvalue weighted by Crippen LogP contribution is -2.20. The van der Waals surface area contributed by atoms with E-state index in [1.165, 1.54) is 17.5 Å². The van der Waals surface area contributed by atoms with Crippen molar-refractivity contribution in [3.8, 4) is 0 Å². The van der Waals surface area contributed by atoms with Gasteiger partial charge < -0.3 is 10.4 Å². The summed E-state index contributed by atoms with van der Waals surface area (Å²) in [7, 11) is 0. The quantitative estimate of drug-likeness (QED) is 0.884. The van der Waals surface area contributed by atoms with Crippen molar-refractivity contribution in [2.75, 3.05) is 6.54 Å². The van der Waals surface area contributed by atoms with Crippen LogP contribution in [0.2, 0.25) is 0 Å². The zero-order valence-corrected chi connectivity index (χ0v) is 11.9. The van der Waals surface area contributed by atoms with Crippen molar-refractivity contribution < 1.29 is 9.90 Å². The predicted molar refractivity (Wildman–Crippen MR) is 82.6 cm³/mol. The molecule has 2 aromatic carbocycles. The Balaban J connectivity index is 1.58. The SMILES string of the molecule is O=C(O)c1cccc(CNCC2CCc3ccccc32)c1. The molecule has 21 heavy (non-hydrogen) atoms. The van der Waals surface area contributed by atoms with Gasteiger partial charge in [-0.05, 0) is 47.6 Å². The molecule has 1 aliphatic rings. The van der Waals surface area contributed by atoms with Crippen molar-refractivity contribution in [3.05, 3.63) is 70.8 Å². The number of hydrogen-bond acceptors (Lipinski definition) is 2. The van der Waals surface area contributed by atoms with Crippen LogP contribution in [0.3, 0.4) is 0 Å². The van der Waals surface area contributed by atoms with Crippen LogP contribution in [0, 0.1) is 0 Å². The Morgan fingerprint density at radius 1 is 1.19 bits per heavy atom. The van der Waals surface area contributed by atoms with Gasteiger partial charge in [-0.1, -0.05) is 36.4 Å². The summed E-state index contributed by atoms with van der Waals surface area (Å²) in [6.45, 7) is 1.65. The second-order valence-corrected chi connectivity index (χ2v) is 5.57. The van der Waals surface area contributed by atoms with E-state index >= 15 is 0 Å². The Labute approximate surface area is 124 Å². The summed E-state index contributed by atoms with van der Waals surface area (Å²) in [6, 6.07) is 15.8. The molecule has 0 fully saturated rings. The molecule has 0 aliphatic heterocycles. The molecule has 0 heterocycles. The number of fused-ring (bicyclic) bond motifs is 1. The molecule has 0 saturated carbocycles. The summed E-state index contributed by atoms with van der Waals surface area (Å²) in [5.41, 5.74) is 4.29. The number of carboxylic acid groups (broad SMARTS) is 1. The fourth-order valence-electron chi connectivity index (χ4n) is 3.06. The van der Waals surface area contributed by atoms with E-state index in [1.54, 1.807) is 18.2 Å². The molecule has 2 N–H and O–H groups in total. The van der Waals surface area contributed by atoms with Gasteiger partial charge in [0.15, 0.2) is 0 Å². The zero-order chi connectivity index (χ0) is 14.7. The Bertz CT molecular complexity index is 651. The van der Waals surface area contributed by atoms with Gasteiger partial charge in [0.1, 0.15) is 0 Å². The van der Waals surface area contributed by atoms with Gasteiger partial charge in [0, 0.05) is 13.1 Å². The maximum absolute atomic E-state index is 11.0. The number of benzene rings is 2. The lowest BCUT2D eigenvalue weighted by molar-refractivity contribution is 0.0696. The van der Waals surface area contributed by atoms with Gasteiger partial charge in [-0.25, -0.2) is 4.79 Å². The van der Waals surface area contributed by atoms with E-state index in [0.717, 1.165) is 18.5 Å². The molecular weight excluding hydrogens is 262 g/mol. The van der Waals surface area contributed by atoms with Crippen molar-refractivity contribution in [3.63, 3.8) is 0 Å². The lowest BCUT2D eigenvalue weighted by atomic mass is 10.0. The number of rotatable bonds is 5. The predicted octanol–water partition coefficient (Wildman–Crippen LogP) is 3.20. The monoisotopic (exact) mass is 281 g/mol. The number of aromatic carboxylic acids is 1. The van der Waals surface area contributed by atoms with Crippen LogP contribution >= 0.6 is 0 Å². The van der Waals surface area contributed by atoms with E-state index in [0.29, 0.717) is 18.0 Å². The maximum atomic E-state index is 11.0. The highest BCUT2D eigenvalue weighted by Crippen LogP contribution is 2.32. The third-order valence-electron chi connectivity index (χ3n) is 4.15. The van der Waals surface area contributed by atoms with Gasteiger partial charge in [-0.2, -0.15) is 0 Å². The second-order valence-electron chi connectivity index (χ2n) is 5.57. The highest BCUT2D eigenvalue weighted by Gasteiger charge is 2.21. The third kappa shape index (κ3) is 3.14. The molecule has 0 aromatic heterocycles. The third-order valence-corrected chi connectivity index (χ3v) is 4.15. The summed E-state index contributed by atoms with van der Waals surface area (Å²) in [5, 5.41) is 12.5. The normalized spacial score (nSPS) is 16.7. The van der Waals surface area contributed by atoms with Crippen LogP contribution in [0.5, 0.6) is 0 Å². The summed E-state index contributed by atoms with van der Waals surface area (Å²) >= 11 is 0. The number of hydrogen-bond donors (Lipinski definition) is 2. The second kappa shape index (κ2) is 6.10. The number of carboxylic acids is 1. The fraction of sp³-hybridized carbons (Fsp3) is 0.278. The Hall–Kier alpha value is -2.13. The van der Waals surface area contributed by atoms with Gasteiger partial charge in [0.2, 0.25) is 0 Å². The minimum atomic E-state index is -0.874. The first-order chi connectivity index (χ1) is 10.2. The standard InChI is InChI=1S/C18H19NO2/c20-18(21)15-6-3-4-13(10-15)11-19-12-16-9-8-14-5-1-2-7-17(14)16/h1-7,10,16,19H,8-9,11-12H2,(H,20,21). The van der Waals surface area contributed by atoms with E-state index in [9.17, 15) is 4.79 Å². The van der Waals surface area contributed by atoms with Gasteiger partial charge in [0.05, 0.1) is 5.56 Å². The number of carbonyl (C=O) groups is 1. The van der Waals surface area contributed by atoms with Crippen LogP contribution in [0.25, 0.3) is 0 Å². The molecular formula is C18H19NO2. The van der Waals surface area contributed by atoms with E-state index in [2.05, 4.69) is 29.6 Å². The molecule has 2 aromatic rings. The summed E-state index contributed by atoms with van der Waals surface area (Å²) in [6.07, 6.45) is 2.36. The average molecular weight is 281 g/mol. The molecule has 3 nitrogen and oxygen atoms in total.